The predicted octanol–water partition coefficient (Wildman–Crippen LogP) is 1.91. The molecule has 5 nitrogen and oxygen atoms in total. The molecule has 0 saturated heterocycles. The minimum Gasteiger partial charge on any atom is -0.493 e. The normalized spacial score (nSPS) is 11.1. The van der Waals surface area contributed by atoms with Gasteiger partial charge in [-0.1, -0.05) is 5.16 Å². The van der Waals surface area contributed by atoms with Crippen LogP contribution in [0.4, 0.5) is 0 Å². The van der Waals surface area contributed by atoms with Crippen LogP contribution in [0.5, 0.6) is 17.2 Å². The number of oxime groups is 1. The molecule has 0 spiro atoms. The van der Waals surface area contributed by atoms with Crippen LogP contribution in [0.1, 0.15) is 12.5 Å². The fourth-order valence-corrected chi connectivity index (χ4v) is 1.44. The van der Waals surface area contributed by atoms with Gasteiger partial charge in [-0.15, -0.1) is 0 Å². The molecule has 16 heavy (non-hydrogen) atoms. The van der Waals surface area contributed by atoms with Crippen LogP contribution in [0.15, 0.2) is 17.3 Å². The van der Waals surface area contributed by atoms with Crippen LogP contribution in [0.3, 0.4) is 0 Å². The highest BCUT2D eigenvalue weighted by atomic mass is 16.5. The van der Waals surface area contributed by atoms with E-state index in [9.17, 15) is 0 Å². The highest BCUT2D eigenvalue weighted by Crippen LogP contribution is 2.39. The maximum atomic E-state index is 8.76. The van der Waals surface area contributed by atoms with Gasteiger partial charge in [0, 0.05) is 5.56 Å². The molecule has 0 atom stereocenters. The maximum absolute atomic E-state index is 8.76. The van der Waals surface area contributed by atoms with Crippen molar-refractivity contribution in [3.63, 3.8) is 0 Å². The second-order valence-electron chi connectivity index (χ2n) is 3.07. The zero-order valence-electron chi connectivity index (χ0n) is 9.77. The molecule has 0 amide bonds. The summed E-state index contributed by atoms with van der Waals surface area (Å²) in [7, 11) is 4.59. The molecule has 1 N–H and O–H groups in total. The van der Waals surface area contributed by atoms with E-state index in [0.717, 1.165) is 0 Å². The van der Waals surface area contributed by atoms with Crippen LogP contribution in [0.25, 0.3) is 0 Å². The van der Waals surface area contributed by atoms with Crippen molar-refractivity contribution in [3.05, 3.63) is 17.7 Å². The number of hydrogen-bond acceptors (Lipinski definition) is 5. The standard InChI is InChI=1S/C11H15NO4/c1-7(12-13)8-5-6-9(14-2)11(16-4)10(8)15-3/h5-6,13H,1-4H3/b12-7-. The first-order valence-electron chi connectivity index (χ1n) is 4.67. The number of hydrogen-bond donors (Lipinski definition) is 1. The summed E-state index contributed by atoms with van der Waals surface area (Å²) >= 11 is 0. The largest absolute Gasteiger partial charge is 0.493 e. The SMILES string of the molecule is COc1ccc(/C(C)=N\O)c(OC)c1OC. The zero-order valence-corrected chi connectivity index (χ0v) is 9.77. The second-order valence-corrected chi connectivity index (χ2v) is 3.07. The lowest BCUT2D eigenvalue weighted by Gasteiger charge is -2.14. The lowest BCUT2D eigenvalue weighted by molar-refractivity contribution is 0.316. The number of methoxy groups -OCH3 is 3. The van der Waals surface area contributed by atoms with Gasteiger partial charge in [0.2, 0.25) is 5.75 Å². The summed E-state index contributed by atoms with van der Waals surface area (Å²) in [4.78, 5) is 0. The molecule has 0 saturated carbocycles. The molecule has 0 radical (unpaired) electrons. The van der Waals surface area contributed by atoms with Crippen LogP contribution in [-0.4, -0.2) is 32.2 Å². The Kier molecular flexibility index (Phi) is 3.99. The van der Waals surface area contributed by atoms with Gasteiger partial charge in [0.15, 0.2) is 11.5 Å². The van der Waals surface area contributed by atoms with Gasteiger partial charge in [-0.05, 0) is 19.1 Å². The Balaban J connectivity index is 3.43. The topological polar surface area (TPSA) is 60.3 Å². The monoisotopic (exact) mass is 225 g/mol. The van der Waals surface area contributed by atoms with E-state index in [-0.39, 0.29) is 0 Å². The Morgan fingerprint density at radius 1 is 1.06 bits per heavy atom. The lowest BCUT2D eigenvalue weighted by Crippen LogP contribution is -2.02. The van der Waals surface area contributed by atoms with Crippen molar-refractivity contribution < 1.29 is 19.4 Å². The smallest absolute Gasteiger partial charge is 0.203 e. The molecule has 1 aromatic rings. The summed E-state index contributed by atoms with van der Waals surface area (Å²) in [6, 6.07) is 3.47. The summed E-state index contributed by atoms with van der Waals surface area (Å²) in [5.41, 5.74) is 1.10. The van der Waals surface area contributed by atoms with Crippen molar-refractivity contribution in [1.82, 2.24) is 0 Å². The van der Waals surface area contributed by atoms with Gasteiger partial charge in [0.1, 0.15) is 0 Å². The van der Waals surface area contributed by atoms with Gasteiger partial charge in [-0.2, -0.15) is 0 Å². The first kappa shape index (κ1) is 12.2. The maximum Gasteiger partial charge on any atom is 0.203 e. The van der Waals surface area contributed by atoms with E-state index in [4.69, 9.17) is 19.4 Å². The molecule has 0 aromatic heterocycles. The zero-order chi connectivity index (χ0) is 12.1. The summed E-state index contributed by atoms with van der Waals surface area (Å²) in [6.45, 7) is 1.67. The third-order valence-corrected chi connectivity index (χ3v) is 2.24. The fraction of sp³-hybridized carbons (Fsp3) is 0.364. The van der Waals surface area contributed by atoms with Crippen molar-refractivity contribution in [2.45, 2.75) is 6.92 Å². The summed E-state index contributed by atoms with van der Waals surface area (Å²) in [5.74, 6) is 1.52. The van der Waals surface area contributed by atoms with E-state index in [2.05, 4.69) is 5.16 Å². The first-order valence-corrected chi connectivity index (χ1v) is 4.67. The van der Waals surface area contributed by atoms with Gasteiger partial charge in [0.05, 0.1) is 27.0 Å². The Bertz CT molecular complexity index is 401. The highest BCUT2D eigenvalue weighted by Gasteiger charge is 2.17. The predicted molar refractivity (Wildman–Crippen MR) is 60.1 cm³/mol. The molecule has 5 heteroatoms. The molecular formula is C11H15NO4. The average molecular weight is 225 g/mol. The van der Waals surface area contributed by atoms with Crippen LogP contribution in [0.2, 0.25) is 0 Å². The van der Waals surface area contributed by atoms with Gasteiger partial charge < -0.3 is 19.4 Å². The van der Waals surface area contributed by atoms with Crippen molar-refractivity contribution >= 4 is 5.71 Å². The van der Waals surface area contributed by atoms with E-state index in [1.807, 2.05) is 0 Å². The Hall–Kier alpha value is -1.91. The van der Waals surface area contributed by atoms with Gasteiger partial charge in [-0.25, -0.2) is 0 Å². The van der Waals surface area contributed by atoms with Crippen molar-refractivity contribution in [2.24, 2.45) is 5.16 Å². The Morgan fingerprint density at radius 3 is 2.12 bits per heavy atom. The number of nitrogens with zero attached hydrogens (tertiary/aromatic N) is 1. The second kappa shape index (κ2) is 5.25. The molecule has 0 heterocycles. The molecule has 0 fully saturated rings. The lowest BCUT2D eigenvalue weighted by atomic mass is 10.1. The van der Waals surface area contributed by atoms with Gasteiger partial charge in [0.25, 0.3) is 0 Å². The molecule has 1 aromatic carbocycles. The van der Waals surface area contributed by atoms with Crippen LogP contribution >= 0.6 is 0 Å². The molecule has 0 aliphatic rings. The molecule has 0 aliphatic carbocycles. The summed E-state index contributed by atoms with van der Waals surface area (Å²) in [5, 5.41) is 11.9. The van der Waals surface area contributed by atoms with E-state index in [0.29, 0.717) is 28.5 Å². The molecule has 0 aliphatic heterocycles. The number of rotatable bonds is 4. The highest BCUT2D eigenvalue weighted by molar-refractivity contribution is 6.01. The number of ether oxygens (including phenoxy) is 3. The quantitative estimate of drug-likeness (QED) is 0.483. The minimum atomic E-state index is 0.442. The third-order valence-electron chi connectivity index (χ3n) is 2.24. The van der Waals surface area contributed by atoms with E-state index < -0.39 is 0 Å². The van der Waals surface area contributed by atoms with E-state index in [1.165, 1.54) is 14.2 Å². The molecule has 0 unspecified atom stereocenters. The third kappa shape index (κ3) is 2.03. The summed E-state index contributed by atoms with van der Waals surface area (Å²) < 4.78 is 15.6. The average Bonchev–Trinajstić information content (AvgIpc) is 2.35. The van der Waals surface area contributed by atoms with E-state index >= 15 is 0 Å². The van der Waals surface area contributed by atoms with E-state index in [1.54, 1.807) is 26.2 Å². The van der Waals surface area contributed by atoms with Crippen molar-refractivity contribution in [3.8, 4) is 17.2 Å². The minimum absolute atomic E-state index is 0.442. The van der Waals surface area contributed by atoms with Crippen molar-refractivity contribution in [1.29, 1.82) is 0 Å². The Morgan fingerprint density at radius 2 is 1.69 bits per heavy atom. The van der Waals surface area contributed by atoms with Crippen LogP contribution in [0, 0.1) is 0 Å². The Labute approximate surface area is 94.2 Å². The molecule has 88 valence electrons. The first-order chi connectivity index (χ1) is 7.69. The molecule has 1 rings (SSSR count). The van der Waals surface area contributed by atoms with Gasteiger partial charge >= 0.3 is 0 Å². The fourth-order valence-electron chi connectivity index (χ4n) is 1.44. The van der Waals surface area contributed by atoms with Gasteiger partial charge in [-0.3, -0.25) is 0 Å². The number of benzene rings is 1. The van der Waals surface area contributed by atoms with Crippen LogP contribution < -0.4 is 14.2 Å². The molecular weight excluding hydrogens is 210 g/mol. The van der Waals surface area contributed by atoms with Crippen LogP contribution in [-0.2, 0) is 0 Å². The molecule has 0 bridgehead atoms. The van der Waals surface area contributed by atoms with Crippen molar-refractivity contribution in [2.75, 3.05) is 21.3 Å². The summed E-state index contributed by atoms with van der Waals surface area (Å²) in [6.07, 6.45) is 0.